The van der Waals surface area contributed by atoms with Gasteiger partial charge in [0.05, 0.1) is 19.6 Å². The van der Waals surface area contributed by atoms with Gasteiger partial charge in [0.15, 0.2) is 5.11 Å². The Labute approximate surface area is 202 Å². The largest absolute Gasteiger partial charge is 0.497 e. The summed E-state index contributed by atoms with van der Waals surface area (Å²) in [5, 5.41) is 4.03. The predicted octanol–water partition coefficient (Wildman–Crippen LogP) is 5.51. The minimum atomic E-state index is -0.185. The first-order chi connectivity index (χ1) is 15.8. The maximum Gasteiger partial charge on any atom is 0.311 e. The summed E-state index contributed by atoms with van der Waals surface area (Å²) in [6.07, 6.45) is 1.97. The number of nitrogens with zero attached hydrogens (tertiary/aromatic N) is 1. The zero-order valence-corrected chi connectivity index (χ0v) is 20.7. The van der Waals surface area contributed by atoms with E-state index in [9.17, 15) is 4.79 Å². The van der Waals surface area contributed by atoms with Crippen LogP contribution in [-0.2, 0) is 16.1 Å². The minimum Gasteiger partial charge on any atom is -0.497 e. The second-order valence-electron chi connectivity index (χ2n) is 9.72. The van der Waals surface area contributed by atoms with Crippen molar-refractivity contribution in [1.82, 2.24) is 4.90 Å². The molecule has 0 aromatic heterocycles. The number of nitrogens with one attached hydrogen (secondary N) is 1. The van der Waals surface area contributed by atoms with Crippen molar-refractivity contribution in [3.05, 3.63) is 60.2 Å². The summed E-state index contributed by atoms with van der Waals surface area (Å²) in [5.74, 6) is 1.40. The first-order valence-corrected chi connectivity index (χ1v) is 12.2. The molecule has 0 aliphatic heterocycles. The number of ether oxygens (including phenoxy) is 2. The third-order valence-electron chi connectivity index (χ3n) is 7.64. The highest BCUT2D eigenvalue weighted by Crippen LogP contribution is 2.62. The number of carbonyl (C=O) groups excluding carboxylic acids is 1. The van der Waals surface area contributed by atoms with Crippen molar-refractivity contribution in [1.29, 1.82) is 0 Å². The van der Waals surface area contributed by atoms with Crippen LogP contribution < -0.4 is 10.1 Å². The molecule has 3 fully saturated rings. The normalized spacial score (nSPS) is 24.8. The molecule has 5 nitrogen and oxygen atoms in total. The SMILES string of the molecule is CCOC(=O)[C@@H]1C[C@@H]2C[C@@H]([C@@H]1N(Cc1ccccc1)C(=S)Nc1cccc(OC)c1)C2(C)C. The molecule has 3 aliphatic rings. The van der Waals surface area contributed by atoms with Crippen LogP contribution in [0, 0.1) is 23.2 Å². The second-order valence-corrected chi connectivity index (χ2v) is 10.1. The fourth-order valence-corrected chi connectivity index (χ4v) is 5.97. The molecule has 0 radical (unpaired) electrons. The fourth-order valence-electron chi connectivity index (χ4n) is 5.67. The average Bonchev–Trinajstić information content (AvgIpc) is 2.82. The number of carbonyl (C=O) groups is 1. The van der Waals surface area contributed by atoms with E-state index in [1.807, 2.05) is 49.4 Å². The molecule has 5 rings (SSSR count). The fraction of sp³-hybridized carbons (Fsp3) is 0.481. The summed E-state index contributed by atoms with van der Waals surface area (Å²) in [6, 6.07) is 18.0. The monoisotopic (exact) mass is 466 g/mol. The molecule has 1 N–H and O–H groups in total. The Bertz CT molecular complexity index is 994. The van der Waals surface area contributed by atoms with Crippen molar-refractivity contribution < 1.29 is 14.3 Å². The molecule has 33 heavy (non-hydrogen) atoms. The van der Waals surface area contributed by atoms with Gasteiger partial charge in [0, 0.05) is 24.3 Å². The van der Waals surface area contributed by atoms with E-state index in [1.165, 1.54) is 0 Å². The number of anilines is 1. The van der Waals surface area contributed by atoms with Gasteiger partial charge in [0.25, 0.3) is 0 Å². The Morgan fingerprint density at radius 1 is 1.15 bits per heavy atom. The molecule has 3 aliphatic carbocycles. The highest BCUT2D eigenvalue weighted by Gasteiger charge is 2.61. The maximum absolute atomic E-state index is 13.1. The van der Waals surface area contributed by atoms with Gasteiger partial charge in [-0.25, -0.2) is 0 Å². The van der Waals surface area contributed by atoms with Gasteiger partial charge in [-0.15, -0.1) is 0 Å². The molecule has 2 bridgehead atoms. The molecule has 6 heteroatoms. The molecule has 4 atom stereocenters. The summed E-state index contributed by atoms with van der Waals surface area (Å²) < 4.78 is 10.9. The Balaban J connectivity index is 1.68. The van der Waals surface area contributed by atoms with Crippen LogP contribution >= 0.6 is 12.2 Å². The van der Waals surface area contributed by atoms with Crippen molar-refractivity contribution in [3.8, 4) is 5.75 Å². The molecule has 2 aromatic rings. The number of esters is 1. The van der Waals surface area contributed by atoms with E-state index in [1.54, 1.807) is 7.11 Å². The maximum atomic E-state index is 13.1. The first kappa shape index (κ1) is 23.6. The number of hydrogen-bond acceptors (Lipinski definition) is 4. The molecule has 0 heterocycles. The van der Waals surface area contributed by atoms with Gasteiger partial charge < -0.3 is 19.7 Å². The minimum absolute atomic E-state index is 0.0186. The van der Waals surface area contributed by atoms with Gasteiger partial charge >= 0.3 is 5.97 Å². The summed E-state index contributed by atoms with van der Waals surface area (Å²) in [5.41, 5.74) is 2.20. The van der Waals surface area contributed by atoms with Crippen molar-refractivity contribution in [2.45, 2.75) is 46.2 Å². The van der Waals surface area contributed by atoms with Crippen LogP contribution in [0.25, 0.3) is 0 Å². The Kier molecular flexibility index (Phi) is 6.94. The number of benzene rings is 2. The van der Waals surface area contributed by atoms with Gasteiger partial charge in [-0.1, -0.05) is 50.2 Å². The van der Waals surface area contributed by atoms with Crippen LogP contribution in [0.5, 0.6) is 5.75 Å². The van der Waals surface area contributed by atoms with Gasteiger partial charge in [-0.2, -0.15) is 0 Å². The van der Waals surface area contributed by atoms with E-state index in [-0.39, 0.29) is 23.3 Å². The van der Waals surface area contributed by atoms with E-state index < -0.39 is 0 Å². The van der Waals surface area contributed by atoms with Gasteiger partial charge in [0.2, 0.25) is 0 Å². The van der Waals surface area contributed by atoms with E-state index in [0.717, 1.165) is 29.8 Å². The topological polar surface area (TPSA) is 50.8 Å². The lowest BCUT2D eigenvalue weighted by molar-refractivity contribution is -0.175. The second kappa shape index (κ2) is 9.72. The predicted molar refractivity (Wildman–Crippen MR) is 135 cm³/mol. The molecular formula is C27H34N2O3S. The van der Waals surface area contributed by atoms with E-state index in [2.05, 4.69) is 36.2 Å². The zero-order chi connectivity index (χ0) is 23.6. The molecule has 2 aromatic carbocycles. The van der Waals surface area contributed by atoms with Crippen molar-refractivity contribution in [2.75, 3.05) is 19.0 Å². The summed E-state index contributed by atoms with van der Waals surface area (Å²) in [7, 11) is 1.65. The van der Waals surface area contributed by atoms with Crippen molar-refractivity contribution in [3.63, 3.8) is 0 Å². The van der Waals surface area contributed by atoms with Crippen LogP contribution in [0.1, 0.15) is 39.2 Å². The number of thiocarbonyl (C=S) groups is 1. The highest BCUT2D eigenvalue weighted by molar-refractivity contribution is 7.80. The Morgan fingerprint density at radius 3 is 2.58 bits per heavy atom. The summed E-state index contributed by atoms with van der Waals surface area (Å²) >= 11 is 5.99. The first-order valence-electron chi connectivity index (χ1n) is 11.8. The van der Waals surface area contributed by atoms with Crippen LogP contribution in [0.2, 0.25) is 0 Å². The number of fused-ring (bicyclic) bond motifs is 2. The lowest BCUT2D eigenvalue weighted by Gasteiger charge is -2.64. The Hall–Kier alpha value is -2.60. The molecule has 176 valence electrons. The molecule has 0 amide bonds. The third kappa shape index (κ3) is 4.72. The molecule has 3 saturated carbocycles. The van der Waals surface area contributed by atoms with E-state index >= 15 is 0 Å². The van der Waals surface area contributed by atoms with Gasteiger partial charge in [0.1, 0.15) is 5.75 Å². The molecular weight excluding hydrogens is 432 g/mol. The van der Waals surface area contributed by atoms with E-state index in [4.69, 9.17) is 21.7 Å². The van der Waals surface area contributed by atoms with E-state index in [0.29, 0.717) is 30.1 Å². The standard InChI is InChI=1S/C27H34N2O3S/c1-5-32-25(30)22-14-19-15-23(27(19,2)3)24(22)29(17-18-10-7-6-8-11-18)26(33)28-20-12-9-13-21(16-20)31-4/h6-13,16,19,22-24H,5,14-15,17H2,1-4H3,(H,28,33)/t19-,22-,23+,24-/m1/s1. The lowest BCUT2D eigenvalue weighted by atomic mass is 9.44. The smallest absolute Gasteiger partial charge is 0.311 e. The highest BCUT2D eigenvalue weighted by atomic mass is 32.1. The molecule has 0 saturated heterocycles. The summed E-state index contributed by atoms with van der Waals surface area (Å²) in [6.45, 7) is 7.57. The number of hydrogen-bond donors (Lipinski definition) is 1. The van der Waals surface area contributed by atoms with Crippen LogP contribution in [0.4, 0.5) is 5.69 Å². The third-order valence-corrected chi connectivity index (χ3v) is 7.97. The van der Waals surface area contributed by atoms with Gasteiger partial charge in [-0.3, -0.25) is 4.79 Å². The van der Waals surface area contributed by atoms with Crippen LogP contribution in [0.15, 0.2) is 54.6 Å². The molecule has 0 unspecified atom stereocenters. The van der Waals surface area contributed by atoms with Crippen molar-refractivity contribution >= 4 is 29.0 Å². The quantitative estimate of drug-likeness (QED) is 0.429. The zero-order valence-electron chi connectivity index (χ0n) is 19.9. The number of rotatable bonds is 7. The van der Waals surface area contributed by atoms with Crippen LogP contribution in [-0.4, -0.2) is 35.7 Å². The summed E-state index contributed by atoms with van der Waals surface area (Å²) in [4.78, 5) is 15.3. The van der Waals surface area contributed by atoms with Crippen LogP contribution in [0.3, 0.4) is 0 Å². The number of methoxy groups -OCH3 is 1. The molecule has 0 spiro atoms. The van der Waals surface area contributed by atoms with Gasteiger partial charge in [-0.05, 0) is 66.9 Å². The average molecular weight is 467 g/mol. The lowest BCUT2D eigenvalue weighted by Crippen LogP contribution is -2.66. The Morgan fingerprint density at radius 2 is 1.91 bits per heavy atom. The van der Waals surface area contributed by atoms with Crippen molar-refractivity contribution in [2.24, 2.45) is 23.2 Å².